The average Bonchev–Trinajstić information content (AvgIpc) is 2.39. The van der Waals surface area contributed by atoms with Crippen molar-refractivity contribution in [2.45, 2.75) is 6.92 Å². The maximum absolute atomic E-state index is 11.8. The summed E-state index contributed by atoms with van der Waals surface area (Å²) < 4.78 is 5.35. The predicted octanol–water partition coefficient (Wildman–Crippen LogP) is 1.17. The van der Waals surface area contributed by atoms with Crippen molar-refractivity contribution in [1.82, 2.24) is 10.2 Å². The maximum Gasteiger partial charge on any atom is 0.238 e. The summed E-state index contributed by atoms with van der Waals surface area (Å²) in [5.74, 6) is 0.800. The number of nitrogens with zero attached hydrogens (tertiary/aromatic N) is 1. The molecule has 0 radical (unpaired) electrons. The van der Waals surface area contributed by atoms with Gasteiger partial charge >= 0.3 is 0 Å². The third-order valence-electron chi connectivity index (χ3n) is 2.61. The number of hydrogen-bond donors (Lipinski definition) is 2. The predicted molar refractivity (Wildman–Crippen MR) is 77.7 cm³/mol. The minimum absolute atomic E-state index is 0.0113. The lowest BCUT2D eigenvalue weighted by atomic mass is 10.3. The Balaban J connectivity index is 2.39. The van der Waals surface area contributed by atoms with Crippen molar-refractivity contribution in [3.05, 3.63) is 24.3 Å². The summed E-state index contributed by atoms with van der Waals surface area (Å²) >= 11 is 0. The number of rotatable bonds is 8. The third-order valence-corrected chi connectivity index (χ3v) is 2.61. The second kappa shape index (κ2) is 8.50. The molecular weight excluding hydrogens is 242 g/mol. The summed E-state index contributed by atoms with van der Waals surface area (Å²) in [5.41, 5.74) is 0.787. The van der Waals surface area contributed by atoms with Crippen LogP contribution in [0.3, 0.4) is 0 Å². The zero-order chi connectivity index (χ0) is 14.1. The summed E-state index contributed by atoms with van der Waals surface area (Å²) in [5, 5.41) is 5.91. The van der Waals surface area contributed by atoms with Crippen LogP contribution < -0.4 is 15.4 Å². The molecule has 1 aromatic rings. The Labute approximate surface area is 114 Å². The van der Waals surface area contributed by atoms with Gasteiger partial charge in [-0.25, -0.2) is 0 Å². The number of benzene rings is 1. The quantitative estimate of drug-likeness (QED) is 0.741. The van der Waals surface area contributed by atoms with Crippen LogP contribution in [0.2, 0.25) is 0 Å². The van der Waals surface area contributed by atoms with Crippen molar-refractivity contribution in [3.8, 4) is 5.75 Å². The molecule has 0 aliphatic rings. The van der Waals surface area contributed by atoms with Crippen LogP contribution in [-0.2, 0) is 4.79 Å². The zero-order valence-electron chi connectivity index (χ0n) is 11.9. The Bertz CT molecular complexity index is 379. The van der Waals surface area contributed by atoms with Gasteiger partial charge in [-0.2, -0.15) is 0 Å². The largest absolute Gasteiger partial charge is 0.494 e. The first-order chi connectivity index (χ1) is 9.15. The Morgan fingerprint density at radius 1 is 1.32 bits per heavy atom. The average molecular weight is 265 g/mol. The Morgan fingerprint density at radius 3 is 2.58 bits per heavy atom. The number of carbonyl (C=O) groups is 1. The van der Waals surface area contributed by atoms with Crippen LogP contribution in [-0.4, -0.2) is 51.1 Å². The molecule has 0 heterocycles. The fourth-order valence-corrected chi connectivity index (χ4v) is 1.63. The molecule has 1 aromatic carbocycles. The first kappa shape index (κ1) is 15.5. The maximum atomic E-state index is 11.8. The van der Waals surface area contributed by atoms with Gasteiger partial charge in [0.1, 0.15) is 5.75 Å². The highest BCUT2D eigenvalue weighted by Crippen LogP contribution is 2.15. The second-order valence-corrected chi connectivity index (χ2v) is 4.35. The number of likely N-dealkylation sites (N-methyl/N-ethyl adjacent to an activating group) is 2. The van der Waals surface area contributed by atoms with Crippen LogP contribution in [0.4, 0.5) is 5.69 Å². The van der Waals surface area contributed by atoms with Crippen molar-refractivity contribution in [2.24, 2.45) is 0 Å². The highest BCUT2D eigenvalue weighted by molar-refractivity contribution is 5.92. The van der Waals surface area contributed by atoms with Crippen LogP contribution in [0, 0.1) is 0 Å². The highest BCUT2D eigenvalue weighted by Gasteiger charge is 2.06. The molecule has 1 amide bonds. The summed E-state index contributed by atoms with van der Waals surface area (Å²) in [7, 11) is 3.82. The molecule has 0 bridgehead atoms. The van der Waals surface area contributed by atoms with E-state index in [0.29, 0.717) is 13.2 Å². The van der Waals surface area contributed by atoms with Gasteiger partial charge in [0.05, 0.1) is 13.2 Å². The van der Waals surface area contributed by atoms with Crippen molar-refractivity contribution in [2.75, 3.05) is 45.7 Å². The van der Waals surface area contributed by atoms with Crippen LogP contribution >= 0.6 is 0 Å². The third kappa shape index (κ3) is 6.22. The van der Waals surface area contributed by atoms with Crippen LogP contribution in [0.5, 0.6) is 5.75 Å². The van der Waals surface area contributed by atoms with Crippen LogP contribution in [0.15, 0.2) is 24.3 Å². The Hall–Kier alpha value is -1.59. The van der Waals surface area contributed by atoms with Crippen LogP contribution in [0.25, 0.3) is 0 Å². The summed E-state index contributed by atoms with van der Waals surface area (Å²) in [6.07, 6.45) is 0. The smallest absolute Gasteiger partial charge is 0.238 e. The monoisotopic (exact) mass is 265 g/mol. The van der Waals surface area contributed by atoms with Gasteiger partial charge in [-0.1, -0.05) is 0 Å². The molecule has 0 aliphatic carbocycles. The summed E-state index contributed by atoms with van der Waals surface area (Å²) in [4.78, 5) is 13.8. The molecule has 2 N–H and O–H groups in total. The molecule has 0 saturated heterocycles. The van der Waals surface area contributed by atoms with E-state index >= 15 is 0 Å². The fraction of sp³-hybridized carbons (Fsp3) is 0.500. The standard InChI is InChI=1S/C14H23N3O2/c1-4-19-13-7-5-12(6-8-13)16-14(18)11-17(3)10-9-15-2/h5-8,15H,4,9-11H2,1-3H3,(H,16,18). The molecule has 0 saturated carbocycles. The van der Waals surface area contributed by atoms with Gasteiger partial charge in [0, 0.05) is 18.8 Å². The van der Waals surface area contributed by atoms with Gasteiger partial charge in [0.2, 0.25) is 5.91 Å². The molecule has 5 heteroatoms. The van der Waals surface area contributed by atoms with Gasteiger partial charge in [0.25, 0.3) is 0 Å². The molecule has 0 atom stereocenters. The van der Waals surface area contributed by atoms with E-state index in [1.54, 1.807) is 0 Å². The Morgan fingerprint density at radius 2 is 2.00 bits per heavy atom. The fourth-order valence-electron chi connectivity index (χ4n) is 1.63. The van der Waals surface area contributed by atoms with Gasteiger partial charge < -0.3 is 15.4 Å². The summed E-state index contributed by atoms with van der Waals surface area (Å²) in [6.45, 7) is 4.67. The topological polar surface area (TPSA) is 53.6 Å². The van der Waals surface area contributed by atoms with E-state index in [1.807, 2.05) is 50.2 Å². The minimum atomic E-state index is -0.0113. The number of amides is 1. The molecule has 0 aliphatic heterocycles. The first-order valence-electron chi connectivity index (χ1n) is 6.51. The van der Waals surface area contributed by atoms with E-state index in [-0.39, 0.29) is 5.91 Å². The molecule has 5 nitrogen and oxygen atoms in total. The van der Waals surface area contributed by atoms with E-state index in [2.05, 4.69) is 10.6 Å². The van der Waals surface area contributed by atoms with Gasteiger partial charge in [-0.15, -0.1) is 0 Å². The molecule has 0 fully saturated rings. The van der Waals surface area contributed by atoms with Crippen LogP contribution in [0.1, 0.15) is 6.92 Å². The lowest BCUT2D eigenvalue weighted by Crippen LogP contribution is -2.34. The van der Waals surface area contributed by atoms with Crippen molar-refractivity contribution < 1.29 is 9.53 Å². The van der Waals surface area contributed by atoms with Gasteiger partial charge in [-0.05, 0) is 45.3 Å². The lowest BCUT2D eigenvalue weighted by molar-refractivity contribution is -0.117. The number of ether oxygens (including phenoxy) is 1. The zero-order valence-corrected chi connectivity index (χ0v) is 11.9. The number of nitrogens with one attached hydrogen (secondary N) is 2. The minimum Gasteiger partial charge on any atom is -0.494 e. The van der Waals surface area contributed by atoms with Gasteiger partial charge in [0.15, 0.2) is 0 Å². The van der Waals surface area contributed by atoms with E-state index in [9.17, 15) is 4.79 Å². The van der Waals surface area contributed by atoms with E-state index < -0.39 is 0 Å². The summed E-state index contributed by atoms with van der Waals surface area (Å²) in [6, 6.07) is 7.39. The Kier molecular flexibility index (Phi) is 6.92. The number of anilines is 1. The number of carbonyl (C=O) groups excluding carboxylic acids is 1. The molecule has 106 valence electrons. The second-order valence-electron chi connectivity index (χ2n) is 4.35. The highest BCUT2D eigenvalue weighted by atomic mass is 16.5. The van der Waals surface area contributed by atoms with Crippen molar-refractivity contribution in [1.29, 1.82) is 0 Å². The number of hydrogen-bond acceptors (Lipinski definition) is 4. The van der Waals surface area contributed by atoms with Crippen molar-refractivity contribution >= 4 is 11.6 Å². The van der Waals surface area contributed by atoms with E-state index in [4.69, 9.17) is 4.74 Å². The SMILES string of the molecule is CCOc1ccc(NC(=O)CN(C)CCNC)cc1. The lowest BCUT2D eigenvalue weighted by Gasteiger charge is -2.15. The van der Waals surface area contributed by atoms with E-state index in [1.165, 1.54) is 0 Å². The molecule has 0 aromatic heterocycles. The van der Waals surface area contributed by atoms with E-state index in [0.717, 1.165) is 24.5 Å². The van der Waals surface area contributed by atoms with Crippen molar-refractivity contribution in [3.63, 3.8) is 0 Å². The molecule has 0 spiro atoms. The molecule has 19 heavy (non-hydrogen) atoms. The molecule has 0 unspecified atom stereocenters. The molecular formula is C14H23N3O2. The first-order valence-corrected chi connectivity index (χ1v) is 6.51. The van der Waals surface area contributed by atoms with Gasteiger partial charge in [-0.3, -0.25) is 9.69 Å². The molecule has 1 rings (SSSR count). The normalized spacial score (nSPS) is 10.5.